The average molecular weight is 501 g/mol. The van der Waals surface area contributed by atoms with Crippen LogP contribution in [-0.4, -0.2) is 104 Å². The molecule has 3 saturated heterocycles. The van der Waals surface area contributed by atoms with Crippen LogP contribution in [0.4, 0.5) is 9.18 Å². The number of carboxylic acid groups (broad SMARTS) is 1. The van der Waals surface area contributed by atoms with E-state index in [4.69, 9.17) is 14.2 Å². The first kappa shape index (κ1) is 24.8. The zero-order valence-corrected chi connectivity index (χ0v) is 19.7. The molecule has 1 amide bonds. The van der Waals surface area contributed by atoms with Crippen molar-refractivity contribution in [2.24, 2.45) is 0 Å². The quantitative estimate of drug-likeness (QED) is 0.526. The Kier molecular flexibility index (Phi) is 7.65. The number of methoxy groups -OCH3 is 1. The van der Waals surface area contributed by atoms with Crippen molar-refractivity contribution < 1.29 is 37.5 Å². The van der Waals surface area contributed by atoms with E-state index in [9.17, 15) is 23.3 Å². The van der Waals surface area contributed by atoms with Crippen LogP contribution in [0.3, 0.4) is 0 Å². The molecule has 3 aliphatic heterocycles. The second-order valence-corrected chi connectivity index (χ2v) is 10.0. The van der Waals surface area contributed by atoms with Gasteiger partial charge in [-0.15, -0.1) is 0 Å². The Labute approximate surface area is 199 Å². The third-order valence-electron chi connectivity index (χ3n) is 6.48. The molecule has 34 heavy (non-hydrogen) atoms. The van der Waals surface area contributed by atoms with E-state index < -0.39 is 34.6 Å². The third-order valence-corrected chi connectivity index (χ3v) is 8.27. The number of carbonyl (C=O) groups excluding carboxylic acids is 1. The van der Waals surface area contributed by atoms with Crippen LogP contribution >= 0.6 is 0 Å². The molecule has 3 atom stereocenters. The maximum atomic E-state index is 13.6. The lowest BCUT2D eigenvalue weighted by Gasteiger charge is -2.46. The molecule has 4 rings (SSSR count). The van der Waals surface area contributed by atoms with Crippen molar-refractivity contribution in [2.75, 3.05) is 46.5 Å². The second kappa shape index (κ2) is 10.5. The van der Waals surface area contributed by atoms with E-state index in [1.165, 1.54) is 24.1 Å². The van der Waals surface area contributed by atoms with Crippen molar-refractivity contribution >= 4 is 23.2 Å². The minimum atomic E-state index is -1.68. The summed E-state index contributed by atoms with van der Waals surface area (Å²) < 4.78 is 45.8. The van der Waals surface area contributed by atoms with Crippen molar-refractivity contribution in [3.05, 3.63) is 24.1 Å². The van der Waals surface area contributed by atoms with Crippen LogP contribution in [0.25, 0.3) is 0 Å². The van der Waals surface area contributed by atoms with Crippen molar-refractivity contribution in [3.63, 3.8) is 0 Å². The summed E-state index contributed by atoms with van der Waals surface area (Å²) in [5.74, 6) is -1.21. The smallest absolute Gasteiger partial charge is 0.409 e. The molecule has 3 unspecified atom stereocenters. The largest absolute Gasteiger partial charge is 0.480 e. The molecule has 3 fully saturated rings. The highest BCUT2D eigenvalue weighted by Crippen LogP contribution is 2.41. The molecular weight excluding hydrogens is 471 g/mol. The SMILES string of the molecule is COCCOC(=O)N1CC2CCC(C(=O)O)(C1)N2S(=O)N1CCC(Oc2ccc(F)cn2)CC1. The molecule has 188 valence electrons. The normalized spacial score (nSPS) is 26.9. The number of rotatable bonds is 8. The van der Waals surface area contributed by atoms with Crippen LogP contribution < -0.4 is 4.74 Å². The molecule has 0 spiro atoms. The Balaban J connectivity index is 1.38. The maximum absolute atomic E-state index is 13.6. The Morgan fingerprint density at radius 1 is 1.26 bits per heavy atom. The molecule has 1 N–H and O–H groups in total. The molecule has 0 saturated carbocycles. The Morgan fingerprint density at radius 2 is 2.03 bits per heavy atom. The number of aliphatic carboxylic acids is 1. The molecule has 0 aromatic carbocycles. The number of fused-ring (bicyclic) bond motifs is 2. The zero-order chi connectivity index (χ0) is 24.3. The number of carbonyl (C=O) groups is 2. The van der Waals surface area contributed by atoms with Crippen LogP contribution in [0.5, 0.6) is 5.88 Å². The van der Waals surface area contributed by atoms with E-state index >= 15 is 0 Å². The Bertz CT molecular complexity index is 915. The summed E-state index contributed by atoms with van der Waals surface area (Å²) in [6.07, 6.45) is 2.31. The topological polar surface area (TPSA) is 122 Å². The van der Waals surface area contributed by atoms with E-state index in [0.29, 0.717) is 44.7 Å². The predicted molar refractivity (Wildman–Crippen MR) is 118 cm³/mol. The number of hydrogen-bond acceptors (Lipinski definition) is 7. The van der Waals surface area contributed by atoms with Crippen molar-refractivity contribution in [1.82, 2.24) is 18.5 Å². The van der Waals surface area contributed by atoms with Crippen LogP contribution in [0.2, 0.25) is 0 Å². The highest BCUT2D eigenvalue weighted by Gasteiger charge is 2.60. The van der Waals surface area contributed by atoms with Gasteiger partial charge in [0.15, 0.2) is 11.2 Å². The lowest BCUT2D eigenvalue weighted by atomic mass is 9.97. The zero-order valence-electron chi connectivity index (χ0n) is 18.9. The van der Waals surface area contributed by atoms with Crippen LogP contribution in [0.15, 0.2) is 18.3 Å². The van der Waals surface area contributed by atoms with Gasteiger partial charge in [-0.25, -0.2) is 22.7 Å². The van der Waals surface area contributed by atoms with E-state index in [1.54, 1.807) is 8.61 Å². The number of nitrogens with zero attached hydrogens (tertiary/aromatic N) is 4. The highest BCUT2D eigenvalue weighted by atomic mass is 32.2. The van der Waals surface area contributed by atoms with E-state index in [0.717, 1.165) is 6.20 Å². The van der Waals surface area contributed by atoms with Gasteiger partial charge in [0.05, 0.1) is 19.3 Å². The van der Waals surface area contributed by atoms with Gasteiger partial charge in [-0.3, -0.25) is 4.79 Å². The van der Waals surface area contributed by atoms with Gasteiger partial charge in [-0.05, 0) is 31.7 Å². The fourth-order valence-electron chi connectivity index (χ4n) is 4.75. The molecule has 0 radical (unpaired) electrons. The lowest BCUT2D eigenvalue weighted by Crippen LogP contribution is -2.68. The monoisotopic (exact) mass is 500 g/mol. The molecule has 0 aliphatic carbocycles. The third kappa shape index (κ3) is 5.02. The average Bonchev–Trinajstić information content (AvgIpc) is 3.07. The van der Waals surface area contributed by atoms with Gasteiger partial charge in [0.2, 0.25) is 5.88 Å². The number of ether oxygens (including phenoxy) is 3. The Morgan fingerprint density at radius 3 is 2.68 bits per heavy atom. The molecule has 13 heteroatoms. The minimum absolute atomic E-state index is 0.0800. The van der Waals surface area contributed by atoms with E-state index in [-0.39, 0.29) is 38.4 Å². The van der Waals surface area contributed by atoms with Crippen molar-refractivity contribution in [1.29, 1.82) is 0 Å². The number of piperazine rings is 1. The predicted octanol–water partition coefficient (Wildman–Crippen LogP) is 1.03. The second-order valence-electron chi connectivity index (χ2n) is 8.63. The van der Waals surface area contributed by atoms with Crippen molar-refractivity contribution in [2.45, 2.75) is 43.4 Å². The minimum Gasteiger partial charge on any atom is -0.480 e. The molecule has 1 aromatic rings. The fraction of sp³-hybridized carbons (Fsp3) is 0.667. The summed E-state index contributed by atoms with van der Waals surface area (Å²) in [7, 11) is 1.50. The van der Waals surface area contributed by atoms with Gasteiger partial charge < -0.3 is 24.2 Å². The van der Waals surface area contributed by atoms with Gasteiger partial charge in [-0.1, -0.05) is 0 Å². The summed E-state index contributed by atoms with van der Waals surface area (Å²) in [5, 5.41) is 10.1. The van der Waals surface area contributed by atoms with E-state index in [2.05, 4.69) is 4.98 Å². The van der Waals surface area contributed by atoms with Gasteiger partial charge in [0.1, 0.15) is 24.1 Å². The standard InChI is InChI=1S/C21H29FN4O7S/c1-31-10-11-32-20(29)24-13-16-4-7-21(14-24,19(27)28)26(16)34(30)25-8-5-17(6-9-25)33-18-3-2-15(22)12-23-18/h2-3,12,16-17H,4-11,13-14H2,1H3,(H,27,28). The molecule has 1 aromatic heterocycles. The first-order chi connectivity index (χ1) is 16.3. The van der Waals surface area contributed by atoms with Crippen LogP contribution in [0, 0.1) is 5.82 Å². The number of carboxylic acids is 1. The number of halogens is 1. The van der Waals surface area contributed by atoms with Crippen LogP contribution in [-0.2, 0) is 25.4 Å². The summed E-state index contributed by atoms with van der Waals surface area (Å²) in [4.78, 5) is 30.1. The number of piperidine rings is 1. The van der Waals surface area contributed by atoms with Gasteiger partial charge in [0, 0.05) is 38.9 Å². The number of hydrogen-bond donors (Lipinski definition) is 1. The molecule has 4 heterocycles. The number of aromatic nitrogens is 1. The maximum Gasteiger partial charge on any atom is 0.409 e. The van der Waals surface area contributed by atoms with E-state index in [1.807, 2.05) is 0 Å². The lowest BCUT2D eigenvalue weighted by molar-refractivity contribution is -0.150. The van der Waals surface area contributed by atoms with Crippen LogP contribution in [0.1, 0.15) is 25.7 Å². The molecular formula is C21H29FN4O7S. The first-order valence-corrected chi connectivity index (χ1v) is 12.3. The Hall–Kier alpha value is -2.35. The highest BCUT2D eigenvalue weighted by molar-refractivity contribution is 7.80. The summed E-state index contributed by atoms with van der Waals surface area (Å²) in [6.45, 7) is 1.38. The first-order valence-electron chi connectivity index (χ1n) is 11.2. The molecule has 2 bridgehead atoms. The number of likely N-dealkylation sites (tertiary alicyclic amines) is 1. The van der Waals surface area contributed by atoms with Crippen molar-refractivity contribution in [3.8, 4) is 5.88 Å². The summed E-state index contributed by atoms with van der Waals surface area (Å²) >= 11 is -1.68. The van der Waals surface area contributed by atoms with Gasteiger partial charge in [-0.2, -0.15) is 4.31 Å². The summed E-state index contributed by atoms with van der Waals surface area (Å²) in [6, 6.07) is 2.40. The molecule has 3 aliphatic rings. The molecule has 11 nitrogen and oxygen atoms in total. The number of amides is 1. The number of pyridine rings is 1. The van der Waals surface area contributed by atoms with Gasteiger partial charge >= 0.3 is 12.1 Å². The summed E-state index contributed by atoms with van der Waals surface area (Å²) in [5.41, 5.74) is -1.43. The van der Waals surface area contributed by atoms with Gasteiger partial charge in [0.25, 0.3) is 0 Å². The fourth-order valence-corrected chi connectivity index (χ4v) is 6.48.